The molecule has 3 aromatic rings. The molecule has 1 N–H and O–H groups in total. The lowest BCUT2D eigenvalue weighted by molar-refractivity contribution is 0.415. The number of methoxy groups -OCH3 is 1. The van der Waals surface area contributed by atoms with Gasteiger partial charge in [-0.1, -0.05) is 29.3 Å². The number of hydrazone groups is 1. The molecule has 1 heterocycles. The van der Waals surface area contributed by atoms with Gasteiger partial charge in [0.15, 0.2) is 0 Å². The van der Waals surface area contributed by atoms with E-state index in [4.69, 9.17) is 27.9 Å². The van der Waals surface area contributed by atoms with E-state index in [1.807, 2.05) is 35.7 Å². The van der Waals surface area contributed by atoms with E-state index in [-0.39, 0.29) is 0 Å². The number of anilines is 1. The minimum absolute atomic E-state index is 0.509. The van der Waals surface area contributed by atoms with Crippen LogP contribution in [0.4, 0.5) is 5.13 Å². The maximum absolute atomic E-state index is 6.04. The van der Waals surface area contributed by atoms with Gasteiger partial charge in [0.1, 0.15) is 5.75 Å². The molecule has 122 valence electrons. The number of hydrogen-bond donors (Lipinski definition) is 1. The van der Waals surface area contributed by atoms with Crippen molar-refractivity contribution in [1.82, 2.24) is 4.98 Å². The van der Waals surface area contributed by atoms with E-state index in [9.17, 15) is 0 Å². The first-order chi connectivity index (χ1) is 11.7. The standard InChI is InChI=1S/C17H13Cl2N3OS/c1-23-13-5-2-11(3-6-13)9-20-22-17-21-16(10-24-17)12-4-7-14(18)15(19)8-12/h2-10H,1H3,(H,21,22)/b20-9+. The number of hydrogen-bond acceptors (Lipinski definition) is 5. The molecule has 0 unspecified atom stereocenters. The second kappa shape index (κ2) is 7.66. The average molecular weight is 378 g/mol. The van der Waals surface area contributed by atoms with Crippen LogP contribution >= 0.6 is 34.5 Å². The van der Waals surface area contributed by atoms with Gasteiger partial charge in [-0.3, -0.25) is 5.43 Å². The van der Waals surface area contributed by atoms with Crippen molar-refractivity contribution in [2.24, 2.45) is 5.10 Å². The summed E-state index contributed by atoms with van der Waals surface area (Å²) in [5, 5.41) is 7.86. The Labute approximate surface area is 153 Å². The van der Waals surface area contributed by atoms with Gasteiger partial charge in [-0.25, -0.2) is 4.98 Å². The molecular formula is C17H13Cl2N3OS. The molecule has 0 bridgehead atoms. The van der Waals surface area contributed by atoms with Crippen LogP contribution in [0.25, 0.3) is 11.3 Å². The number of rotatable bonds is 5. The second-order valence-electron chi connectivity index (χ2n) is 4.81. The Hall–Kier alpha value is -2.08. The number of thiazole rings is 1. The highest BCUT2D eigenvalue weighted by atomic mass is 35.5. The van der Waals surface area contributed by atoms with Crippen molar-refractivity contribution in [3.8, 4) is 17.0 Å². The van der Waals surface area contributed by atoms with Crippen LogP contribution in [0, 0.1) is 0 Å². The number of aromatic nitrogens is 1. The van der Waals surface area contributed by atoms with Gasteiger partial charge in [0.2, 0.25) is 5.13 Å². The van der Waals surface area contributed by atoms with Gasteiger partial charge in [0, 0.05) is 10.9 Å². The van der Waals surface area contributed by atoms with Gasteiger partial charge in [-0.2, -0.15) is 5.10 Å². The van der Waals surface area contributed by atoms with Crippen molar-refractivity contribution >= 4 is 45.9 Å². The van der Waals surface area contributed by atoms with Gasteiger partial charge in [0.25, 0.3) is 0 Å². The minimum atomic E-state index is 0.509. The Morgan fingerprint density at radius 1 is 1.12 bits per heavy atom. The molecule has 0 aliphatic carbocycles. The van der Waals surface area contributed by atoms with Crippen molar-refractivity contribution < 1.29 is 4.74 Å². The fraction of sp³-hybridized carbons (Fsp3) is 0.0588. The molecular weight excluding hydrogens is 365 g/mol. The van der Waals surface area contributed by atoms with E-state index in [1.165, 1.54) is 11.3 Å². The summed E-state index contributed by atoms with van der Waals surface area (Å²) in [5.41, 5.74) is 5.62. The molecule has 0 spiro atoms. The van der Waals surface area contributed by atoms with Crippen molar-refractivity contribution in [3.63, 3.8) is 0 Å². The third-order valence-corrected chi connectivity index (χ3v) is 4.70. The van der Waals surface area contributed by atoms with Gasteiger partial charge >= 0.3 is 0 Å². The fourth-order valence-electron chi connectivity index (χ4n) is 1.97. The molecule has 1 aromatic heterocycles. The molecule has 0 saturated heterocycles. The summed E-state index contributed by atoms with van der Waals surface area (Å²) in [4.78, 5) is 4.48. The Morgan fingerprint density at radius 2 is 1.92 bits per heavy atom. The largest absolute Gasteiger partial charge is 0.497 e. The first kappa shape index (κ1) is 16.8. The number of nitrogens with one attached hydrogen (secondary N) is 1. The van der Waals surface area contributed by atoms with E-state index in [0.29, 0.717) is 15.2 Å². The summed E-state index contributed by atoms with van der Waals surface area (Å²) in [6.45, 7) is 0. The van der Waals surface area contributed by atoms with Crippen molar-refractivity contribution in [2.75, 3.05) is 12.5 Å². The maximum Gasteiger partial charge on any atom is 0.203 e. The van der Waals surface area contributed by atoms with Crippen LogP contribution in [0.3, 0.4) is 0 Å². The molecule has 0 atom stereocenters. The van der Waals surface area contributed by atoms with Crippen LogP contribution in [-0.4, -0.2) is 18.3 Å². The monoisotopic (exact) mass is 377 g/mol. The van der Waals surface area contributed by atoms with Crippen LogP contribution in [0.15, 0.2) is 52.9 Å². The Bertz CT molecular complexity index is 863. The van der Waals surface area contributed by atoms with Gasteiger partial charge in [0.05, 0.1) is 29.1 Å². The predicted octanol–water partition coefficient (Wildman–Crippen LogP) is 5.57. The summed E-state index contributed by atoms with van der Waals surface area (Å²) in [6.07, 6.45) is 1.72. The lowest BCUT2D eigenvalue weighted by Gasteiger charge is -2.00. The van der Waals surface area contributed by atoms with Gasteiger partial charge in [-0.15, -0.1) is 11.3 Å². The molecule has 0 radical (unpaired) electrons. The maximum atomic E-state index is 6.04. The molecule has 0 aliphatic rings. The van der Waals surface area contributed by atoms with Gasteiger partial charge in [-0.05, 0) is 42.0 Å². The molecule has 0 saturated carbocycles. The normalized spacial score (nSPS) is 11.0. The van der Waals surface area contributed by atoms with E-state index in [0.717, 1.165) is 22.6 Å². The summed E-state index contributed by atoms with van der Waals surface area (Å²) in [5.74, 6) is 0.811. The molecule has 3 rings (SSSR count). The van der Waals surface area contributed by atoms with Crippen LogP contribution in [0.1, 0.15) is 5.56 Å². The lowest BCUT2D eigenvalue weighted by Crippen LogP contribution is -1.90. The lowest BCUT2D eigenvalue weighted by atomic mass is 10.2. The van der Waals surface area contributed by atoms with Crippen LogP contribution in [0.2, 0.25) is 10.0 Å². The van der Waals surface area contributed by atoms with Crippen molar-refractivity contribution in [2.45, 2.75) is 0 Å². The predicted molar refractivity (Wildman–Crippen MR) is 102 cm³/mol. The van der Waals surface area contributed by atoms with Gasteiger partial charge < -0.3 is 4.74 Å². The number of halogens is 2. The Balaban J connectivity index is 1.67. The van der Waals surface area contributed by atoms with Crippen molar-refractivity contribution in [3.05, 3.63) is 63.5 Å². The number of benzene rings is 2. The molecule has 24 heavy (non-hydrogen) atoms. The Kier molecular flexibility index (Phi) is 5.35. The highest BCUT2D eigenvalue weighted by molar-refractivity contribution is 7.14. The van der Waals surface area contributed by atoms with Crippen LogP contribution in [-0.2, 0) is 0 Å². The fourth-order valence-corrected chi connectivity index (χ4v) is 2.93. The minimum Gasteiger partial charge on any atom is -0.497 e. The topological polar surface area (TPSA) is 46.5 Å². The molecule has 7 heteroatoms. The Morgan fingerprint density at radius 3 is 2.62 bits per heavy atom. The van der Waals surface area contributed by atoms with Crippen molar-refractivity contribution in [1.29, 1.82) is 0 Å². The SMILES string of the molecule is COc1ccc(/C=N/Nc2nc(-c3ccc(Cl)c(Cl)c3)cs2)cc1. The first-order valence-corrected chi connectivity index (χ1v) is 8.63. The van der Waals surface area contributed by atoms with E-state index in [2.05, 4.69) is 15.5 Å². The molecule has 0 aliphatic heterocycles. The number of nitrogens with zero attached hydrogens (tertiary/aromatic N) is 2. The molecule has 0 fully saturated rings. The summed E-state index contributed by atoms with van der Waals surface area (Å²) < 4.78 is 5.12. The first-order valence-electron chi connectivity index (χ1n) is 7.00. The second-order valence-corrected chi connectivity index (χ2v) is 6.48. The molecule has 0 amide bonds. The van der Waals surface area contributed by atoms with Crippen LogP contribution < -0.4 is 10.2 Å². The third-order valence-electron chi connectivity index (χ3n) is 3.21. The highest BCUT2D eigenvalue weighted by Gasteiger charge is 2.06. The van der Waals surface area contributed by atoms with E-state index >= 15 is 0 Å². The summed E-state index contributed by atoms with van der Waals surface area (Å²) >= 11 is 13.4. The highest BCUT2D eigenvalue weighted by Crippen LogP contribution is 2.30. The quantitative estimate of drug-likeness (QED) is 0.466. The average Bonchev–Trinajstić information content (AvgIpc) is 3.07. The molecule has 2 aromatic carbocycles. The van der Waals surface area contributed by atoms with E-state index < -0.39 is 0 Å². The summed E-state index contributed by atoms with van der Waals surface area (Å²) in [7, 11) is 1.64. The van der Waals surface area contributed by atoms with E-state index in [1.54, 1.807) is 25.5 Å². The third kappa shape index (κ3) is 4.06. The van der Waals surface area contributed by atoms with Crippen LogP contribution in [0.5, 0.6) is 5.75 Å². The zero-order valence-corrected chi connectivity index (χ0v) is 15.0. The molecule has 4 nitrogen and oxygen atoms in total. The zero-order chi connectivity index (χ0) is 16.9. The smallest absolute Gasteiger partial charge is 0.203 e. The number of ether oxygens (including phenoxy) is 1. The summed E-state index contributed by atoms with van der Waals surface area (Å²) in [6, 6.07) is 13.0. The zero-order valence-electron chi connectivity index (χ0n) is 12.7.